The predicted molar refractivity (Wildman–Crippen MR) is 66.6 cm³/mol. The van der Waals surface area contributed by atoms with E-state index in [1.165, 1.54) is 0 Å². The minimum atomic E-state index is -0.681. The first kappa shape index (κ1) is 14.9. The van der Waals surface area contributed by atoms with Crippen molar-refractivity contribution in [1.82, 2.24) is 0 Å². The minimum Gasteiger partial charge on any atom is -0.491 e. The highest BCUT2D eigenvalue weighted by Crippen LogP contribution is 2.13. The van der Waals surface area contributed by atoms with Crippen molar-refractivity contribution in [1.29, 1.82) is 0 Å². The molecule has 2 N–H and O–H groups in total. The first-order valence-corrected chi connectivity index (χ1v) is 5.83. The highest BCUT2D eigenvalue weighted by atomic mass is 16.5. The van der Waals surface area contributed by atoms with Crippen LogP contribution in [-0.4, -0.2) is 49.9 Å². The summed E-state index contributed by atoms with van der Waals surface area (Å²) in [7, 11) is 1.59. The molecule has 0 amide bonds. The van der Waals surface area contributed by atoms with Gasteiger partial charge in [0, 0.05) is 7.11 Å². The lowest BCUT2D eigenvalue weighted by Crippen LogP contribution is -2.24. The SMILES string of the molecule is COCCOCC(O)COc1cccc(CO)c1. The smallest absolute Gasteiger partial charge is 0.119 e. The molecular formula is C13H20O5. The van der Waals surface area contributed by atoms with E-state index >= 15 is 0 Å². The third-order valence-corrected chi connectivity index (χ3v) is 2.27. The van der Waals surface area contributed by atoms with Crippen molar-refractivity contribution in [2.24, 2.45) is 0 Å². The molecule has 102 valence electrons. The Morgan fingerprint density at radius 1 is 1.22 bits per heavy atom. The van der Waals surface area contributed by atoms with Crippen LogP contribution in [0.15, 0.2) is 24.3 Å². The van der Waals surface area contributed by atoms with Gasteiger partial charge < -0.3 is 24.4 Å². The zero-order valence-electron chi connectivity index (χ0n) is 10.5. The summed E-state index contributed by atoms with van der Waals surface area (Å²) in [5, 5.41) is 18.6. The lowest BCUT2D eigenvalue weighted by molar-refractivity contribution is -0.00421. The normalized spacial score (nSPS) is 12.4. The lowest BCUT2D eigenvalue weighted by Gasteiger charge is -2.13. The molecule has 1 atom stereocenters. The summed E-state index contributed by atoms with van der Waals surface area (Å²) < 4.78 is 15.4. The molecule has 1 rings (SSSR count). The van der Waals surface area contributed by atoms with E-state index in [-0.39, 0.29) is 19.8 Å². The summed E-state index contributed by atoms with van der Waals surface area (Å²) in [5.74, 6) is 0.623. The molecule has 0 fully saturated rings. The minimum absolute atomic E-state index is 0.0279. The number of methoxy groups -OCH3 is 1. The number of ether oxygens (including phenoxy) is 3. The van der Waals surface area contributed by atoms with Gasteiger partial charge in [0.1, 0.15) is 18.5 Å². The zero-order chi connectivity index (χ0) is 13.2. The maximum Gasteiger partial charge on any atom is 0.119 e. The topological polar surface area (TPSA) is 68.2 Å². The molecule has 0 aliphatic rings. The first-order valence-electron chi connectivity index (χ1n) is 5.83. The fraction of sp³-hybridized carbons (Fsp3) is 0.538. The van der Waals surface area contributed by atoms with Crippen LogP contribution in [0.2, 0.25) is 0 Å². The van der Waals surface area contributed by atoms with Crippen LogP contribution in [0, 0.1) is 0 Å². The summed E-state index contributed by atoms with van der Waals surface area (Å²) in [6, 6.07) is 7.11. The van der Waals surface area contributed by atoms with Gasteiger partial charge in [0.05, 0.1) is 26.4 Å². The van der Waals surface area contributed by atoms with Gasteiger partial charge in [-0.3, -0.25) is 0 Å². The Morgan fingerprint density at radius 3 is 2.78 bits per heavy atom. The Morgan fingerprint density at radius 2 is 2.06 bits per heavy atom. The molecule has 0 aliphatic heterocycles. The van der Waals surface area contributed by atoms with Crippen molar-refractivity contribution in [2.45, 2.75) is 12.7 Å². The fourth-order valence-corrected chi connectivity index (χ4v) is 1.34. The van der Waals surface area contributed by atoms with Gasteiger partial charge in [0.25, 0.3) is 0 Å². The molecule has 0 heterocycles. The number of benzene rings is 1. The molecule has 1 aromatic rings. The van der Waals surface area contributed by atoms with E-state index in [4.69, 9.17) is 19.3 Å². The maximum atomic E-state index is 9.60. The van der Waals surface area contributed by atoms with Gasteiger partial charge in [-0.1, -0.05) is 12.1 Å². The molecule has 0 bridgehead atoms. The van der Waals surface area contributed by atoms with Crippen molar-refractivity contribution in [3.63, 3.8) is 0 Å². The van der Waals surface area contributed by atoms with Crippen LogP contribution in [-0.2, 0) is 16.1 Å². The second kappa shape index (κ2) is 8.88. The lowest BCUT2D eigenvalue weighted by atomic mass is 10.2. The maximum absolute atomic E-state index is 9.60. The standard InChI is InChI=1S/C13H20O5/c1-16-5-6-17-9-12(15)10-18-13-4-2-3-11(7-13)8-14/h2-4,7,12,14-15H,5-6,8-10H2,1H3. The van der Waals surface area contributed by atoms with Crippen molar-refractivity contribution >= 4 is 0 Å². The molecule has 1 unspecified atom stereocenters. The van der Waals surface area contributed by atoms with Crippen LogP contribution >= 0.6 is 0 Å². The van der Waals surface area contributed by atoms with E-state index in [9.17, 15) is 5.11 Å². The third kappa shape index (κ3) is 5.97. The van der Waals surface area contributed by atoms with Crippen molar-refractivity contribution in [3.05, 3.63) is 29.8 Å². The summed E-state index contributed by atoms with van der Waals surface area (Å²) in [6.07, 6.45) is -0.681. The monoisotopic (exact) mass is 256 g/mol. The van der Waals surface area contributed by atoms with Crippen molar-refractivity contribution < 1.29 is 24.4 Å². The van der Waals surface area contributed by atoms with Crippen molar-refractivity contribution in [3.8, 4) is 5.75 Å². The largest absolute Gasteiger partial charge is 0.491 e. The van der Waals surface area contributed by atoms with Crippen LogP contribution in [0.3, 0.4) is 0 Å². The molecule has 0 saturated heterocycles. The van der Waals surface area contributed by atoms with Gasteiger partial charge in [0.2, 0.25) is 0 Å². The Kier molecular flexibility index (Phi) is 7.36. The zero-order valence-corrected chi connectivity index (χ0v) is 10.5. The fourth-order valence-electron chi connectivity index (χ4n) is 1.34. The first-order chi connectivity index (χ1) is 8.76. The number of aliphatic hydroxyl groups is 2. The molecule has 0 aromatic heterocycles. The number of hydrogen-bond acceptors (Lipinski definition) is 5. The van der Waals surface area contributed by atoms with Crippen LogP contribution in [0.25, 0.3) is 0 Å². The summed E-state index contributed by atoms with van der Waals surface area (Å²) >= 11 is 0. The van der Waals surface area contributed by atoms with E-state index in [0.29, 0.717) is 19.0 Å². The molecule has 0 radical (unpaired) electrons. The van der Waals surface area contributed by atoms with Crippen molar-refractivity contribution in [2.75, 3.05) is 33.5 Å². The summed E-state index contributed by atoms with van der Waals surface area (Å²) in [4.78, 5) is 0. The van der Waals surface area contributed by atoms with Crippen LogP contribution in [0.5, 0.6) is 5.75 Å². The Balaban J connectivity index is 2.22. The number of rotatable bonds is 9. The van der Waals surface area contributed by atoms with Gasteiger partial charge in [-0.05, 0) is 17.7 Å². The van der Waals surface area contributed by atoms with Gasteiger partial charge in [-0.15, -0.1) is 0 Å². The molecule has 0 saturated carbocycles. The van der Waals surface area contributed by atoms with E-state index < -0.39 is 6.10 Å². The van der Waals surface area contributed by atoms with Gasteiger partial charge in [-0.2, -0.15) is 0 Å². The average Bonchev–Trinajstić information content (AvgIpc) is 2.41. The number of hydrogen-bond donors (Lipinski definition) is 2. The Bertz CT molecular complexity index is 329. The third-order valence-electron chi connectivity index (χ3n) is 2.27. The second-order valence-corrected chi connectivity index (χ2v) is 3.84. The summed E-state index contributed by atoms with van der Waals surface area (Å²) in [6.45, 7) is 1.30. The molecule has 18 heavy (non-hydrogen) atoms. The van der Waals surface area contributed by atoms with Crippen LogP contribution in [0.4, 0.5) is 0 Å². The Labute approximate surface area is 107 Å². The predicted octanol–water partition coefficient (Wildman–Crippen LogP) is 0.582. The highest BCUT2D eigenvalue weighted by Gasteiger charge is 2.05. The molecule has 5 nitrogen and oxygen atoms in total. The van der Waals surface area contributed by atoms with E-state index in [1.807, 2.05) is 0 Å². The van der Waals surface area contributed by atoms with Gasteiger partial charge in [0.15, 0.2) is 0 Å². The number of aliphatic hydroxyl groups excluding tert-OH is 2. The molecule has 1 aromatic carbocycles. The van der Waals surface area contributed by atoms with E-state index in [2.05, 4.69) is 0 Å². The molecular weight excluding hydrogens is 236 g/mol. The van der Waals surface area contributed by atoms with Gasteiger partial charge >= 0.3 is 0 Å². The molecule has 0 spiro atoms. The van der Waals surface area contributed by atoms with E-state index in [1.54, 1.807) is 31.4 Å². The van der Waals surface area contributed by atoms with E-state index in [0.717, 1.165) is 5.56 Å². The Hall–Kier alpha value is -1.14. The summed E-state index contributed by atoms with van der Waals surface area (Å²) in [5.41, 5.74) is 0.776. The molecule has 0 aliphatic carbocycles. The quantitative estimate of drug-likeness (QED) is 0.633. The van der Waals surface area contributed by atoms with Crippen LogP contribution < -0.4 is 4.74 Å². The van der Waals surface area contributed by atoms with Gasteiger partial charge in [-0.25, -0.2) is 0 Å². The van der Waals surface area contributed by atoms with Crippen LogP contribution in [0.1, 0.15) is 5.56 Å². The highest BCUT2D eigenvalue weighted by molar-refractivity contribution is 5.27. The average molecular weight is 256 g/mol. The second-order valence-electron chi connectivity index (χ2n) is 3.84. The molecule has 5 heteroatoms.